The number of hydrogen-bond acceptors (Lipinski definition) is 7. The number of nitrogens with one attached hydrogen (secondary N) is 1. The van der Waals surface area contributed by atoms with Crippen LogP contribution < -0.4 is 4.72 Å². The Kier molecular flexibility index (Phi) is 4.93. The molecule has 1 saturated carbocycles. The van der Waals surface area contributed by atoms with E-state index in [-0.39, 0.29) is 10.0 Å². The number of hydrogen-bond donors (Lipinski definition) is 1. The van der Waals surface area contributed by atoms with Gasteiger partial charge in [-0.3, -0.25) is 9.40 Å². The van der Waals surface area contributed by atoms with E-state index in [9.17, 15) is 8.42 Å². The van der Waals surface area contributed by atoms with Crippen LogP contribution in [0.25, 0.3) is 0 Å². The van der Waals surface area contributed by atoms with E-state index in [0.717, 1.165) is 22.9 Å². The average Bonchev–Trinajstić information content (AvgIpc) is 3.19. The van der Waals surface area contributed by atoms with Gasteiger partial charge in [-0.15, -0.1) is 10.2 Å². The van der Waals surface area contributed by atoms with Gasteiger partial charge in [0.2, 0.25) is 5.13 Å². The molecule has 0 unspecified atom stereocenters. The van der Waals surface area contributed by atoms with Crippen molar-refractivity contribution < 1.29 is 8.42 Å². The lowest BCUT2D eigenvalue weighted by atomic mass is 10.3. The second-order valence-electron chi connectivity index (χ2n) is 5.41. The van der Waals surface area contributed by atoms with Crippen molar-refractivity contribution in [1.82, 2.24) is 20.0 Å². The fourth-order valence-electron chi connectivity index (χ4n) is 2.69. The SMILES string of the molecule is CCSc1nnc(NS(=O)(=O)c2cn(C3CCCC3)nc2C)s1. The Morgan fingerprint density at radius 2 is 2.13 bits per heavy atom. The van der Waals surface area contributed by atoms with E-state index in [1.807, 2.05) is 6.92 Å². The maximum absolute atomic E-state index is 12.6. The molecule has 2 aromatic heterocycles. The van der Waals surface area contributed by atoms with Crippen LogP contribution >= 0.6 is 23.1 Å². The summed E-state index contributed by atoms with van der Waals surface area (Å²) in [6.45, 7) is 3.73. The Balaban J connectivity index is 1.81. The zero-order valence-electron chi connectivity index (χ0n) is 13.0. The van der Waals surface area contributed by atoms with Crippen molar-refractivity contribution in [3.05, 3.63) is 11.9 Å². The first kappa shape index (κ1) is 16.7. The molecule has 0 spiro atoms. The minimum atomic E-state index is -3.69. The number of thioether (sulfide) groups is 1. The number of aromatic nitrogens is 4. The molecule has 7 nitrogen and oxygen atoms in total. The van der Waals surface area contributed by atoms with Crippen molar-refractivity contribution in [2.24, 2.45) is 0 Å². The van der Waals surface area contributed by atoms with Crippen molar-refractivity contribution in [1.29, 1.82) is 0 Å². The van der Waals surface area contributed by atoms with Crippen LogP contribution in [0.15, 0.2) is 15.4 Å². The van der Waals surface area contributed by atoms with Gasteiger partial charge in [0.05, 0.1) is 11.7 Å². The molecule has 1 aliphatic rings. The van der Waals surface area contributed by atoms with E-state index in [1.165, 1.54) is 35.9 Å². The molecule has 126 valence electrons. The zero-order chi connectivity index (χ0) is 16.4. The normalized spacial score (nSPS) is 16.1. The second-order valence-corrected chi connectivity index (χ2v) is 9.55. The Morgan fingerprint density at radius 3 is 2.83 bits per heavy atom. The second kappa shape index (κ2) is 6.78. The average molecular weight is 374 g/mol. The Hall–Kier alpha value is -1.13. The lowest BCUT2D eigenvalue weighted by Crippen LogP contribution is -2.13. The molecule has 1 N–H and O–H groups in total. The number of nitrogens with zero attached hydrogens (tertiary/aromatic N) is 4. The van der Waals surface area contributed by atoms with Gasteiger partial charge in [0.15, 0.2) is 4.34 Å². The largest absolute Gasteiger partial charge is 0.268 e. The fraction of sp³-hybridized carbons (Fsp3) is 0.615. The van der Waals surface area contributed by atoms with Crippen molar-refractivity contribution in [2.45, 2.75) is 54.8 Å². The van der Waals surface area contributed by atoms with E-state index in [2.05, 4.69) is 20.0 Å². The van der Waals surface area contributed by atoms with Crippen molar-refractivity contribution in [2.75, 3.05) is 10.5 Å². The summed E-state index contributed by atoms with van der Waals surface area (Å²) >= 11 is 2.78. The standard InChI is InChI=1S/C13H19N5O2S3/c1-3-21-13-15-14-12(22-13)17-23(19,20)11-8-18(16-9(11)2)10-6-4-5-7-10/h8,10H,3-7H2,1-2H3,(H,14,17). The minimum absolute atomic E-state index is 0.212. The van der Waals surface area contributed by atoms with Gasteiger partial charge in [-0.2, -0.15) is 5.10 Å². The third kappa shape index (κ3) is 3.69. The molecule has 0 bridgehead atoms. The first-order valence-corrected chi connectivity index (χ1v) is 10.8. The van der Waals surface area contributed by atoms with Gasteiger partial charge in [-0.25, -0.2) is 8.42 Å². The van der Waals surface area contributed by atoms with Crippen molar-refractivity contribution in [3.63, 3.8) is 0 Å². The number of anilines is 1. The molecule has 23 heavy (non-hydrogen) atoms. The van der Waals surface area contributed by atoms with Gasteiger partial charge in [0.1, 0.15) is 4.90 Å². The first-order chi connectivity index (χ1) is 11.0. The highest BCUT2D eigenvalue weighted by molar-refractivity contribution is 8.01. The molecule has 2 heterocycles. The van der Waals surface area contributed by atoms with Crippen LogP contribution in [0.1, 0.15) is 44.3 Å². The molecule has 10 heteroatoms. The van der Waals surface area contributed by atoms with Crippen LogP contribution in [-0.4, -0.2) is 34.1 Å². The predicted molar refractivity (Wildman–Crippen MR) is 91.6 cm³/mol. The van der Waals surface area contributed by atoms with Gasteiger partial charge >= 0.3 is 0 Å². The first-order valence-electron chi connectivity index (χ1n) is 7.54. The van der Waals surface area contributed by atoms with Gasteiger partial charge < -0.3 is 0 Å². The Labute approximate surface area is 143 Å². The van der Waals surface area contributed by atoms with Crippen molar-refractivity contribution in [3.8, 4) is 0 Å². The lowest BCUT2D eigenvalue weighted by molar-refractivity contribution is 0.464. The van der Waals surface area contributed by atoms with E-state index >= 15 is 0 Å². The molecular weight excluding hydrogens is 354 g/mol. The van der Waals surface area contributed by atoms with Gasteiger partial charge in [-0.05, 0) is 25.5 Å². The number of sulfonamides is 1. The molecular formula is C13H19N5O2S3. The molecule has 0 amide bonds. The molecule has 0 atom stereocenters. The molecule has 3 rings (SSSR count). The van der Waals surface area contributed by atoms with Gasteiger partial charge in [-0.1, -0.05) is 42.9 Å². The highest BCUT2D eigenvalue weighted by atomic mass is 32.2. The van der Waals surface area contributed by atoms with Crippen LogP contribution in [-0.2, 0) is 10.0 Å². The molecule has 0 radical (unpaired) electrons. The summed E-state index contributed by atoms with van der Waals surface area (Å²) in [5, 5.41) is 12.5. The monoisotopic (exact) mass is 373 g/mol. The predicted octanol–water partition coefficient (Wildman–Crippen LogP) is 3.07. The lowest BCUT2D eigenvalue weighted by Gasteiger charge is -2.08. The summed E-state index contributed by atoms with van der Waals surface area (Å²) in [6.07, 6.45) is 6.10. The highest BCUT2D eigenvalue weighted by Crippen LogP contribution is 2.31. The molecule has 0 aromatic carbocycles. The zero-order valence-corrected chi connectivity index (χ0v) is 15.5. The topological polar surface area (TPSA) is 89.8 Å². The van der Waals surface area contributed by atoms with Crippen LogP contribution in [0.5, 0.6) is 0 Å². The smallest absolute Gasteiger partial charge is 0.267 e. The summed E-state index contributed by atoms with van der Waals surface area (Å²) in [7, 11) is -3.69. The maximum Gasteiger partial charge on any atom is 0.267 e. The van der Waals surface area contributed by atoms with Crippen LogP contribution in [0.2, 0.25) is 0 Å². The Morgan fingerprint density at radius 1 is 1.39 bits per heavy atom. The molecule has 2 aromatic rings. The number of rotatable bonds is 6. The van der Waals surface area contributed by atoms with E-state index in [1.54, 1.807) is 17.8 Å². The summed E-state index contributed by atoms with van der Waals surface area (Å²) < 4.78 is 30.2. The fourth-order valence-corrected chi connectivity index (χ4v) is 5.74. The van der Waals surface area contributed by atoms with E-state index < -0.39 is 10.0 Å². The van der Waals surface area contributed by atoms with Crippen LogP contribution in [0.4, 0.5) is 5.13 Å². The van der Waals surface area contributed by atoms with Crippen LogP contribution in [0.3, 0.4) is 0 Å². The molecule has 1 aliphatic carbocycles. The molecule has 0 saturated heterocycles. The minimum Gasteiger partial charge on any atom is -0.268 e. The third-order valence-corrected chi connectivity index (χ3v) is 7.18. The van der Waals surface area contributed by atoms with Gasteiger partial charge in [0, 0.05) is 6.20 Å². The van der Waals surface area contributed by atoms with Gasteiger partial charge in [0.25, 0.3) is 10.0 Å². The third-order valence-electron chi connectivity index (χ3n) is 3.76. The number of aryl methyl sites for hydroxylation is 1. The highest BCUT2D eigenvalue weighted by Gasteiger charge is 2.25. The van der Waals surface area contributed by atoms with Crippen molar-refractivity contribution >= 4 is 38.3 Å². The molecule has 0 aliphatic heterocycles. The summed E-state index contributed by atoms with van der Waals surface area (Å²) in [4.78, 5) is 0.212. The van der Waals surface area contributed by atoms with E-state index in [0.29, 0.717) is 11.7 Å². The van der Waals surface area contributed by atoms with E-state index in [4.69, 9.17) is 0 Å². The summed E-state index contributed by atoms with van der Waals surface area (Å²) in [5.41, 5.74) is 0.511. The maximum atomic E-state index is 12.6. The summed E-state index contributed by atoms with van der Waals surface area (Å²) in [5.74, 6) is 0.870. The quantitative estimate of drug-likeness (QED) is 0.783. The Bertz CT molecular complexity index is 777. The summed E-state index contributed by atoms with van der Waals surface area (Å²) in [6, 6.07) is 0.312. The van der Waals surface area contributed by atoms with Crippen LogP contribution in [0, 0.1) is 6.92 Å². The molecule has 1 fully saturated rings.